The van der Waals surface area contributed by atoms with E-state index in [1.54, 1.807) is 11.2 Å². The van der Waals surface area contributed by atoms with Crippen LogP contribution in [-0.2, 0) is 12.6 Å². The number of fused-ring (bicyclic) bond motifs is 1. The van der Waals surface area contributed by atoms with E-state index < -0.39 is 17.6 Å². The van der Waals surface area contributed by atoms with Crippen molar-refractivity contribution in [3.8, 4) is 0 Å². The predicted octanol–water partition coefficient (Wildman–Crippen LogP) is 2.67. The van der Waals surface area contributed by atoms with Gasteiger partial charge in [-0.05, 0) is 24.6 Å². The lowest BCUT2D eigenvalue weighted by Crippen LogP contribution is -2.49. The van der Waals surface area contributed by atoms with E-state index in [2.05, 4.69) is 15.2 Å². The molecule has 1 aromatic carbocycles. The van der Waals surface area contributed by atoms with Gasteiger partial charge in [0.2, 0.25) is 0 Å². The molecule has 7 nitrogen and oxygen atoms in total. The number of hydrogen-bond donors (Lipinski definition) is 0. The van der Waals surface area contributed by atoms with E-state index in [4.69, 9.17) is 0 Å². The van der Waals surface area contributed by atoms with Crippen LogP contribution in [0.2, 0.25) is 0 Å². The van der Waals surface area contributed by atoms with Crippen LogP contribution >= 0.6 is 0 Å². The third-order valence-electron chi connectivity index (χ3n) is 5.04. The summed E-state index contributed by atoms with van der Waals surface area (Å²) >= 11 is 0. The highest BCUT2D eigenvalue weighted by atomic mass is 19.4. The Labute approximate surface area is 164 Å². The Morgan fingerprint density at radius 1 is 1.14 bits per heavy atom. The first-order valence-corrected chi connectivity index (χ1v) is 9.28. The zero-order valence-electron chi connectivity index (χ0n) is 15.7. The van der Waals surface area contributed by atoms with Gasteiger partial charge in [0, 0.05) is 43.5 Å². The normalized spacial score (nSPS) is 15.2. The molecule has 4 rings (SSSR count). The second-order valence-corrected chi connectivity index (χ2v) is 6.82. The molecule has 1 aliphatic rings. The van der Waals surface area contributed by atoms with Crippen molar-refractivity contribution >= 4 is 17.5 Å². The Balaban J connectivity index is 1.48. The van der Waals surface area contributed by atoms with E-state index in [0.29, 0.717) is 32.0 Å². The average molecular weight is 404 g/mol. The molecule has 0 saturated carbocycles. The fraction of sp³-hybridized carbons (Fsp3) is 0.368. The van der Waals surface area contributed by atoms with Crippen molar-refractivity contribution in [3.63, 3.8) is 0 Å². The second kappa shape index (κ2) is 7.34. The van der Waals surface area contributed by atoms with Gasteiger partial charge in [0.1, 0.15) is 12.1 Å². The molecule has 3 heterocycles. The third kappa shape index (κ3) is 3.74. The van der Waals surface area contributed by atoms with Gasteiger partial charge in [0.15, 0.2) is 0 Å². The van der Waals surface area contributed by atoms with Gasteiger partial charge in [0.05, 0.1) is 5.56 Å². The number of nitrogens with zero attached hydrogens (tertiary/aromatic N) is 6. The lowest BCUT2D eigenvalue weighted by atomic mass is 10.1. The van der Waals surface area contributed by atoms with Crippen LogP contribution in [0, 0.1) is 0 Å². The highest BCUT2D eigenvalue weighted by Crippen LogP contribution is 2.30. The van der Waals surface area contributed by atoms with Crippen molar-refractivity contribution in [2.45, 2.75) is 19.5 Å². The maximum atomic E-state index is 12.9. The molecule has 152 valence electrons. The zero-order valence-corrected chi connectivity index (χ0v) is 15.7. The Morgan fingerprint density at radius 2 is 1.90 bits per heavy atom. The number of rotatable bonds is 3. The Morgan fingerprint density at radius 3 is 2.59 bits per heavy atom. The van der Waals surface area contributed by atoms with Crippen molar-refractivity contribution < 1.29 is 18.0 Å². The first kappa shape index (κ1) is 19.2. The molecule has 1 saturated heterocycles. The first-order chi connectivity index (χ1) is 13.9. The molecule has 0 unspecified atom stereocenters. The maximum Gasteiger partial charge on any atom is 0.416 e. The van der Waals surface area contributed by atoms with Crippen molar-refractivity contribution in [1.29, 1.82) is 0 Å². The summed E-state index contributed by atoms with van der Waals surface area (Å²) in [5.74, 6) is 0.876. The van der Waals surface area contributed by atoms with Gasteiger partial charge in [0.25, 0.3) is 11.7 Å². The monoisotopic (exact) mass is 404 g/mol. The number of aromatic nitrogens is 4. The Hall–Kier alpha value is -3.17. The van der Waals surface area contributed by atoms with Crippen molar-refractivity contribution in [1.82, 2.24) is 24.5 Å². The molecule has 0 atom stereocenters. The van der Waals surface area contributed by atoms with Crippen molar-refractivity contribution in [3.05, 3.63) is 53.5 Å². The highest BCUT2D eigenvalue weighted by molar-refractivity contribution is 5.94. The average Bonchev–Trinajstić information content (AvgIpc) is 3.21. The zero-order chi connectivity index (χ0) is 20.6. The van der Waals surface area contributed by atoms with E-state index in [1.165, 1.54) is 12.1 Å². The predicted molar refractivity (Wildman–Crippen MR) is 99.7 cm³/mol. The minimum absolute atomic E-state index is 0.0459. The summed E-state index contributed by atoms with van der Waals surface area (Å²) in [4.78, 5) is 20.8. The summed E-state index contributed by atoms with van der Waals surface area (Å²) in [6.45, 7) is 3.90. The largest absolute Gasteiger partial charge is 0.416 e. The topological polar surface area (TPSA) is 66.6 Å². The molecule has 10 heteroatoms. The van der Waals surface area contributed by atoms with E-state index in [-0.39, 0.29) is 5.56 Å². The highest BCUT2D eigenvalue weighted by Gasteiger charge is 2.32. The molecule has 0 N–H and O–H groups in total. The first-order valence-electron chi connectivity index (χ1n) is 9.28. The molecule has 1 fully saturated rings. The fourth-order valence-corrected chi connectivity index (χ4v) is 3.45. The van der Waals surface area contributed by atoms with Crippen LogP contribution in [0.4, 0.5) is 19.0 Å². The number of carbonyl (C=O) groups excluding carboxylic acids is 1. The smallest absolute Gasteiger partial charge is 0.353 e. The van der Waals surface area contributed by atoms with Crippen LogP contribution in [0.15, 0.2) is 36.7 Å². The SMILES string of the molecule is CCc1cc(N2CCN(C(=O)c3cccc(C(F)(F)F)c3)CC2)nc2nncn12. The lowest BCUT2D eigenvalue weighted by molar-refractivity contribution is -0.137. The van der Waals surface area contributed by atoms with Crippen molar-refractivity contribution in [2.24, 2.45) is 0 Å². The maximum absolute atomic E-state index is 12.9. The molecular formula is C19H19F3N6O. The van der Waals surface area contributed by atoms with Crippen LogP contribution in [0.1, 0.15) is 28.5 Å². The number of amides is 1. The summed E-state index contributed by atoms with van der Waals surface area (Å²) < 4.78 is 40.6. The van der Waals surface area contributed by atoms with Gasteiger partial charge in [-0.1, -0.05) is 13.0 Å². The summed E-state index contributed by atoms with van der Waals surface area (Å²) in [5, 5.41) is 7.90. The second-order valence-electron chi connectivity index (χ2n) is 6.82. The molecule has 0 spiro atoms. The van der Waals surface area contributed by atoms with Crippen molar-refractivity contribution in [2.75, 3.05) is 31.1 Å². The number of halogens is 3. The molecule has 1 amide bonds. The van der Waals surface area contributed by atoms with Gasteiger partial charge in [-0.2, -0.15) is 18.2 Å². The number of carbonyl (C=O) groups is 1. The van der Waals surface area contributed by atoms with Gasteiger partial charge in [-0.25, -0.2) is 0 Å². The number of benzene rings is 1. The summed E-state index contributed by atoms with van der Waals surface area (Å²) in [5.41, 5.74) is 0.252. The molecule has 0 bridgehead atoms. The van der Waals surface area contributed by atoms with Gasteiger partial charge < -0.3 is 9.80 Å². The number of alkyl halides is 3. The number of anilines is 1. The Kier molecular flexibility index (Phi) is 4.85. The number of hydrogen-bond acceptors (Lipinski definition) is 5. The fourth-order valence-electron chi connectivity index (χ4n) is 3.45. The molecule has 2 aromatic heterocycles. The number of aryl methyl sites for hydroxylation is 1. The molecular weight excluding hydrogens is 385 g/mol. The molecule has 29 heavy (non-hydrogen) atoms. The minimum Gasteiger partial charge on any atom is -0.353 e. The van der Waals surface area contributed by atoms with Crippen LogP contribution < -0.4 is 4.90 Å². The quantitative estimate of drug-likeness (QED) is 0.672. The van der Waals surface area contributed by atoms with Crippen LogP contribution in [0.5, 0.6) is 0 Å². The van der Waals surface area contributed by atoms with Crippen LogP contribution in [-0.4, -0.2) is 56.6 Å². The van der Waals surface area contributed by atoms with Gasteiger partial charge in [-0.3, -0.25) is 9.20 Å². The Bertz CT molecular complexity index is 1040. The standard InChI is InChI=1S/C19H19F3N6O/c1-2-15-11-16(24-18-25-23-12-28(15)18)26-6-8-27(9-7-26)17(29)13-4-3-5-14(10-13)19(20,21)22/h3-5,10-12H,2,6-9H2,1H3. The van der Waals surface area contributed by atoms with E-state index in [1.807, 2.05) is 22.3 Å². The summed E-state index contributed by atoms with van der Waals surface area (Å²) in [6.07, 6.45) is -2.06. The van der Waals surface area contributed by atoms with Gasteiger partial charge in [-0.15, -0.1) is 10.2 Å². The van der Waals surface area contributed by atoms with E-state index in [0.717, 1.165) is 30.1 Å². The van der Waals surface area contributed by atoms with Crippen LogP contribution in [0.25, 0.3) is 5.78 Å². The lowest BCUT2D eigenvalue weighted by Gasteiger charge is -2.35. The van der Waals surface area contributed by atoms with E-state index in [9.17, 15) is 18.0 Å². The molecule has 0 aliphatic carbocycles. The molecule has 0 radical (unpaired) electrons. The third-order valence-corrected chi connectivity index (χ3v) is 5.04. The number of piperazine rings is 1. The van der Waals surface area contributed by atoms with E-state index >= 15 is 0 Å². The van der Waals surface area contributed by atoms with Crippen LogP contribution in [0.3, 0.4) is 0 Å². The summed E-state index contributed by atoms with van der Waals surface area (Å²) in [7, 11) is 0. The summed E-state index contributed by atoms with van der Waals surface area (Å²) in [6, 6.07) is 6.52. The molecule has 3 aromatic rings. The minimum atomic E-state index is -4.47. The van der Waals surface area contributed by atoms with Gasteiger partial charge >= 0.3 is 6.18 Å². The molecule has 1 aliphatic heterocycles.